The van der Waals surface area contributed by atoms with Crippen molar-refractivity contribution in [3.8, 4) is 0 Å². The molecular formula is C25H32O4S2. The third-order valence-electron chi connectivity index (χ3n) is 5.93. The number of carbonyl (C=O) groups is 1. The summed E-state index contributed by atoms with van der Waals surface area (Å²) >= 11 is 2.91. The Morgan fingerprint density at radius 1 is 1.23 bits per heavy atom. The minimum atomic E-state index is -0.708. The molecule has 0 aliphatic carbocycles. The molecule has 0 amide bonds. The average molecular weight is 461 g/mol. The first-order valence-corrected chi connectivity index (χ1v) is 12.4. The standard InChI is InChI=1S/C25H32O4S2/c1-16(2)25(10-8-17-9-11-30-15-17)13-20(27)22(23(28)29-25)31-21-7-6-18(14-26)12-19(21)24(3,4)5/h6-7,9,11-12,15-16,26-27H,8,10,13-14H2,1-5H3. The van der Waals surface area contributed by atoms with E-state index < -0.39 is 11.6 Å². The van der Waals surface area contributed by atoms with Gasteiger partial charge in [0.15, 0.2) is 0 Å². The highest BCUT2D eigenvalue weighted by atomic mass is 32.2. The molecule has 0 radical (unpaired) electrons. The molecule has 168 valence electrons. The van der Waals surface area contributed by atoms with E-state index in [0.717, 1.165) is 22.4 Å². The Hall–Kier alpha value is -1.76. The molecule has 2 N–H and O–H groups in total. The van der Waals surface area contributed by atoms with Crippen LogP contribution in [-0.4, -0.2) is 21.8 Å². The van der Waals surface area contributed by atoms with Gasteiger partial charge in [-0.25, -0.2) is 4.79 Å². The maximum Gasteiger partial charge on any atom is 0.349 e. The third-order valence-corrected chi connectivity index (χ3v) is 7.84. The summed E-state index contributed by atoms with van der Waals surface area (Å²) in [6, 6.07) is 7.81. The van der Waals surface area contributed by atoms with Crippen molar-refractivity contribution in [2.75, 3.05) is 0 Å². The summed E-state index contributed by atoms with van der Waals surface area (Å²) in [5.74, 6) is -0.275. The Morgan fingerprint density at radius 2 is 1.97 bits per heavy atom. The predicted octanol–water partition coefficient (Wildman–Crippen LogP) is 6.37. The number of hydrogen-bond donors (Lipinski definition) is 2. The normalized spacial score (nSPS) is 19.8. The lowest BCUT2D eigenvalue weighted by molar-refractivity contribution is -0.164. The number of thioether (sulfide) groups is 1. The number of carbonyl (C=O) groups excluding carboxylic acids is 1. The van der Waals surface area contributed by atoms with Crippen LogP contribution in [0, 0.1) is 5.92 Å². The van der Waals surface area contributed by atoms with E-state index >= 15 is 0 Å². The molecule has 1 aromatic carbocycles. The van der Waals surface area contributed by atoms with E-state index in [0.29, 0.717) is 12.8 Å². The first-order valence-electron chi connectivity index (χ1n) is 10.6. The Kier molecular flexibility index (Phi) is 7.24. The van der Waals surface area contributed by atoms with Crippen LogP contribution in [0.5, 0.6) is 0 Å². The molecule has 2 heterocycles. The number of cyclic esters (lactones) is 1. The Morgan fingerprint density at radius 3 is 2.52 bits per heavy atom. The fraction of sp³-hybridized carbons (Fsp3) is 0.480. The molecule has 0 saturated heterocycles. The zero-order chi connectivity index (χ0) is 22.8. The van der Waals surface area contributed by atoms with Gasteiger partial charge in [-0.2, -0.15) is 11.3 Å². The quantitative estimate of drug-likeness (QED) is 0.470. The lowest BCUT2D eigenvalue weighted by Crippen LogP contribution is -2.44. The first-order chi connectivity index (χ1) is 14.6. The lowest BCUT2D eigenvalue weighted by atomic mass is 9.80. The third kappa shape index (κ3) is 5.36. The second kappa shape index (κ2) is 9.39. The number of esters is 1. The van der Waals surface area contributed by atoms with Crippen molar-refractivity contribution >= 4 is 29.1 Å². The number of ether oxygens (including phenoxy) is 1. The first kappa shape index (κ1) is 23.9. The maximum absolute atomic E-state index is 13.1. The topological polar surface area (TPSA) is 66.8 Å². The van der Waals surface area contributed by atoms with E-state index in [9.17, 15) is 15.0 Å². The zero-order valence-electron chi connectivity index (χ0n) is 18.9. The van der Waals surface area contributed by atoms with Gasteiger partial charge in [0, 0.05) is 11.3 Å². The number of aryl methyl sites for hydroxylation is 1. The van der Waals surface area contributed by atoms with Crippen LogP contribution in [0.4, 0.5) is 0 Å². The summed E-state index contributed by atoms with van der Waals surface area (Å²) in [6.45, 7) is 10.3. The van der Waals surface area contributed by atoms with Crippen LogP contribution >= 0.6 is 23.1 Å². The number of benzene rings is 1. The SMILES string of the molecule is CC(C)C1(CCc2ccsc2)CC(O)=C(Sc2ccc(CO)cc2C(C)(C)C)C(=O)O1. The van der Waals surface area contributed by atoms with E-state index in [-0.39, 0.29) is 28.6 Å². The van der Waals surface area contributed by atoms with Gasteiger partial charge in [-0.15, -0.1) is 0 Å². The van der Waals surface area contributed by atoms with Gasteiger partial charge >= 0.3 is 5.97 Å². The Balaban J connectivity index is 1.89. The number of thiophene rings is 1. The van der Waals surface area contributed by atoms with Gasteiger partial charge in [0.1, 0.15) is 16.3 Å². The molecular weight excluding hydrogens is 428 g/mol. The molecule has 3 rings (SSSR count). The van der Waals surface area contributed by atoms with Gasteiger partial charge in [0.25, 0.3) is 0 Å². The van der Waals surface area contributed by atoms with E-state index in [4.69, 9.17) is 4.74 Å². The van der Waals surface area contributed by atoms with Crippen molar-refractivity contribution < 1.29 is 19.7 Å². The van der Waals surface area contributed by atoms with E-state index in [2.05, 4.69) is 32.2 Å². The summed E-state index contributed by atoms with van der Waals surface area (Å²) in [5, 5.41) is 24.6. The van der Waals surface area contributed by atoms with Gasteiger partial charge in [-0.3, -0.25) is 0 Å². The zero-order valence-corrected chi connectivity index (χ0v) is 20.5. The Labute approximate surface area is 193 Å². The minimum absolute atomic E-state index is 0.0367. The monoisotopic (exact) mass is 460 g/mol. The van der Waals surface area contributed by atoms with Crippen LogP contribution in [0.3, 0.4) is 0 Å². The number of aliphatic hydroxyl groups excluding tert-OH is 2. The van der Waals surface area contributed by atoms with Gasteiger partial charge in [0.05, 0.1) is 6.61 Å². The van der Waals surface area contributed by atoms with Crippen LogP contribution in [0.25, 0.3) is 0 Å². The van der Waals surface area contributed by atoms with Crippen molar-refractivity contribution in [3.63, 3.8) is 0 Å². The summed E-state index contributed by atoms with van der Waals surface area (Å²) in [5.41, 5.74) is 2.19. The molecule has 31 heavy (non-hydrogen) atoms. The fourth-order valence-electron chi connectivity index (χ4n) is 3.85. The fourth-order valence-corrected chi connectivity index (χ4v) is 5.70. The molecule has 1 aliphatic rings. The molecule has 1 aliphatic heterocycles. The molecule has 1 atom stereocenters. The highest BCUT2D eigenvalue weighted by Crippen LogP contribution is 2.45. The molecule has 6 heteroatoms. The van der Waals surface area contributed by atoms with Crippen molar-refractivity contribution in [2.24, 2.45) is 5.92 Å². The van der Waals surface area contributed by atoms with Crippen molar-refractivity contribution in [3.05, 3.63) is 62.4 Å². The van der Waals surface area contributed by atoms with Crippen molar-refractivity contribution in [2.45, 2.75) is 76.4 Å². The molecule has 0 fully saturated rings. The average Bonchev–Trinajstić information content (AvgIpc) is 3.22. The predicted molar refractivity (Wildman–Crippen MR) is 127 cm³/mol. The van der Waals surface area contributed by atoms with Gasteiger partial charge in [0.2, 0.25) is 0 Å². The second-order valence-corrected chi connectivity index (χ2v) is 11.4. The summed E-state index contributed by atoms with van der Waals surface area (Å²) in [6.07, 6.45) is 1.80. The molecule has 2 aromatic rings. The lowest BCUT2D eigenvalue weighted by Gasteiger charge is -2.40. The molecule has 0 saturated carbocycles. The van der Waals surface area contributed by atoms with Crippen LogP contribution in [0.15, 0.2) is 50.6 Å². The molecule has 1 unspecified atom stereocenters. The summed E-state index contributed by atoms with van der Waals surface area (Å²) in [4.78, 5) is 14.2. The molecule has 4 nitrogen and oxygen atoms in total. The smallest absolute Gasteiger partial charge is 0.349 e. The number of rotatable bonds is 7. The summed E-state index contributed by atoms with van der Waals surface area (Å²) < 4.78 is 6.05. The van der Waals surface area contributed by atoms with Gasteiger partial charge < -0.3 is 14.9 Å². The highest BCUT2D eigenvalue weighted by Gasteiger charge is 2.44. The van der Waals surface area contributed by atoms with Gasteiger partial charge in [-0.1, -0.05) is 58.5 Å². The maximum atomic E-state index is 13.1. The Bertz CT molecular complexity index is 954. The van der Waals surface area contributed by atoms with Crippen LogP contribution < -0.4 is 0 Å². The molecule has 1 aromatic heterocycles. The van der Waals surface area contributed by atoms with Crippen LogP contribution in [0.1, 0.15) is 64.2 Å². The van der Waals surface area contributed by atoms with E-state index in [1.165, 1.54) is 17.3 Å². The molecule has 0 spiro atoms. The van der Waals surface area contributed by atoms with Crippen LogP contribution in [0.2, 0.25) is 0 Å². The number of hydrogen-bond acceptors (Lipinski definition) is 6. The van der Waals surface area contributed by atoms with Crippen molar-refractivity contribution in [1.82, 2.24) is 0 Å². The van der Waals surface area contributed by atoms with E-state index in [1.54, 1.807) is 11.3 Å². The summed E-state index contributed by atoms with van der Waals surface area (Å²) in [7, 11) is 0. The van der Waals surface area contributed by atoms with Crippen molar-refractivity contribution in [1.29, 1.82) is 0 Å². The second-order valence-electron chi connectivity index (χ2n) is 9.53. The van der Waals surface area contributed by atoms with Gasteiger partial charge in [-0.05, 0) is 63.8 Å². The number of aliphatic hydroxyl groups is 2. The van der Waals surface area contributed by atoms with Crippen LogP contribution in [-0.2, 0) is 28.0 Å². The van der Waals surface area contributed by atoms with E-state index in [1.807, 2.05) is 37.4 Å². The largest absolute Gasteiger partial charge is 0.511 e. The molecule has 0 bridgehead atoms. The highest BCUT2D eigenvalue weighted by molar-refractivity contribution is 8.04. The minimum Gasteiger partial charge on any atom is -0.511 e.